The van der Waals surface area contributed by atoms with Gasteiger partial charge in [-0.3, -0.25) is 0 Å². The molecule has 1 saturated heterocycles. The number of hydrogen-bond acceptors (Lipinski definition) is 4. The number of imidazole rings is 1. The van der Waals surface area contributed by atoms with Crippen LogP contribution in [0.15, 0.2) is 18.6 Å². The van der Waals surface area contributed by atoms with Gasteiger partial charge in [0, 0.05) is 32.0 Å². The molecule has 0 bridgehead atoms. The van der Waals surface area contributed by atoms with Crippen molar-refractivity contribution < 1.29 is 0 Å². The second kappa shape index (κ2) is 5.20. The van der Waals surface area contributed by atoms with Gasteiger partial charge in [0.05, 0.1) is 6.20 Å². The van der Waals surface area contributed by atoms with Gasteiger partial charge in [-0.15, -0.1) is 0 Å². The van der Waals surface area contributed by atoms with E-state index >= 15 is 0 Å². The van der Waals surface area contributed by atoms with E-state index < -0.39 is 0 Å². The largest absolute Gasteiger partial charge is 0.372 e. The van der Waals surface area contributed by atoms with Gasteiger partial charge in [0.1, 0.15) is 5.82 Å². The highest BCUT2D eigenvalue weighted by molar-refractivity contribution is 5.67. The van der Waals surface area contributed by atoms with Crippen LogP contribution in [0, 0.1) is 5.92 Å². The normalized spacial score (nSPS) is 25.9. The van der Waals surface area contributed by atoms with E-state index in [-0.39, 0.29) is 0 Å². The Morgan fingerprint density at radius 2 is 2.05 bits per heavy atom. The van der Waals surface area contributed by atoms with E-state index in [1.165, 1.54) is 38.5 Å². The van der Waals surface area contributed by atoms with Gasteiger partial charge in [-0.1, -0.05) is 12.8 Å². The summed E-state index contributed by atoms with van der Waals surface area (Å²) < 4.78 is 2.08. The topological polar surface area (TPSA) is 45.5 Å². The SMILES string of the molecule is CNc1cn2ccnc2c(N2CCC[C@H]3CCCC[C@H]32)n1. The predicted octanol–water partition coefficient (Wildman–Crippen LogP) is 2.93. The summed E-state index contributed by atoms with van der Waals surface area (Å²) in [5.74, 6) is 2.82. The first kappa shape index (κ1) is 12.9. The van der Waals surface area contributed by atoms with Crippen LogP contribution in [0.25, 0.3) is 5.65 Å². The second-order valence-electron chi connectivity index (χ2n) is 6.31. The second-order valence-corrected chi connectivity index (χ2v) is 6.31. The fraction of sp³-hybridized carbons (Fsp3) is 0.625. The minimum atomic E-state index is 0.660. The molecule has 1 aliphatic heterocycles. The Hall–Kier alpha value is -1.78. The van der Waals surface area contributed by atoms with E-state index in [2.05, 4.69) is 19.6 Å². The fourth-order valence-corrected chi connectivity index (χ4v) is 4.12. The van der Waals surface area contributed by atoms with Crippen LogP contribution in [0.2, 0.25) is 0 Å². The number of hydrogen-bond donors (Lipinski definition) is 1. The monoisotopic (exact) mass is 285 g/mol. The summed E-state index contributed by atoms with van der Waals surface area (Å²) in [4.78, 5) is 11.9. The average Bonchev–Trinajstić information content (AvgIpc) is 3.02. The molecule has 2 atom stereocenters. The molecule has 2 aliphatic rings. The van der Waals surface area contributed by atoms with Gasteiger partial charge in [0.2, 0.25) is 0 Å². The van der Waals surface area contributed by atoms with Crippen LogP contribution in [0.4, 0.5) is 11.6 Å². The third-order valence-electron chi connectivity index (χ3n) is 5.13. The highest BCUT2D eigenvalue weighted by Gasteiger charge is 2.35. The van der Waals surface area contributed by atoms with Crippen molar-refractivity contribution in [3.8, 4) is 0 Å². The number of fused-ring (bicyclic) bond motifs is 2. The summed E-state index contributed by atoms with van der Waals surface area (Å²) in [5.41, 5.74) is 0.986. The van der Waals surface area contributed by atoms with Crippen molar-refractivity contribution in [2.45, 2.75) is 44.6 Å². The predicted molar refractivity (Wildman–Crippen MR) is 84.9 cm³/mol. The summed E-state index contributed by atoms with van der Waals surface area (Å²) in [6.45, 7) is 1.11. The lowest BCUT2D eigenvalue weighted by molar-refractivity contribution is 0.243. The van der Waals surface area contributed by atoms with Crippen molar-refractivity contribution in [3.63, 3.8) is 0 Å². The highest BCUT2D eigenvalue weighted by atomic mass is 15.3. The number of nitrogens with zero attached hydrogens (tertiary/aromatic N) is 4. The number of rotatable bonds is 2. The number of aromatic nitrogens is 3. The van der Waals surface area contributed by atoms with E-state index in [9.17, 15) is 0 Å². The first-order valence-corrected chi connectivity index (χ1v) is 8.15. The molecule has 112 valence electrons. The third-order valence-corrected chi connectivity index (χ3v) is 5.13. The van der Waals surface area contributed by atoms with Crippen molar-refractivity contribution in [1.29, 1.82) is 0 Å². The molecule has 5 heteroatoms. The van der Waals surface area contributed by atoms with E-state index in [0.717, 1.165) is 29.7 Å². The number of anilines is 2. The smallest absolute Gasteiger partial charge is 0.180 e. The standard InChI is InChI=1S/C16H23N5/c1-17-14-11-20-10-8-18-15(20)16(19-14)21-9-4-6-12-5-2-3-7-13(12)21/h8,10-13,17H,2-7,9H2,1H3/t12-,13-/m1/s1. The molecule has 21 heavy (non-hydrogen) atoms. The molecule has 2 aromatic heterocycles. The molecule has 4 rings (SSSR count). The third kappa shape index (κ3) is 2.15. The molecule has 0 amide bonds. The van der Waals surface area contributed by atoms with Crippen LogP contribution in [0.3, 0.4) is 0 Å². The van der Waals surface area contributed by atoms with Gasteiger partial charge in [-0.2, -0.15) is 0 Å². The molecule has 1 N–H and O–H groups in total. The Kier molecular flexibility index (Phi) is 3.20. The maximum absolute atomic E-state index is 4.84. The summed E-state index contributed by atoms with van der Waals surface area (Å²) >= 11 is 0. The lowest BCUT2D eigenvalue weighted by Gasteiger charge is -2.44. The molecule has 1 saturated carbocycles. The lowest BCUT2D eigenvalue weighted by Crippen LogP contribution is -2.47. The zero-order valence-electron chi connectivity index (χ0n) is 12.6. The molecular weight excluding hydrogens is 262 g/mol. The minimum absolute atomic E-state index is 0.660. The molecule has 0 radical (unpaired) electrons. The molecular formula is C16H23N5. The molecule has 2 aromatic rings. The minimum Gasteiger partial charge on any atom is -0.372 e. The first-order chi connectivity index (χ1) is 10.4. The molecule has 0 unspecified atom stereocenters. The van der Waals surface area contributed by atoms with Gasteiger partial charge < -0.3 is 14.6 Å². The highest BCUT2D eigenvalue weighted by Crippen LogP contribution is 2.38. The quantitative estimate of drug-likeness (QED) is 0.921. The Labute approximate surface area is 125 Å². The lowest BCUT2D eigenvalue weighted by atomic mass is 9.78. The Balaban J connectivity index is 1.78. The molecule has 0 aromatic carbocycles. The summed E-state index contributed by atoms with van der Waals surface area (Å²) in [6.07, 6.45) is 14.0. The number of piperidine rings is 1. The Morgan fingerprint density at radius 3 is 2.95 bits per heavy atom. The van der Waals surface area contributed by atoms with Crippen LogP contribution < -0.4 is 10.2 Å². The summed E-state index contributed by atoms with van der Waals surface area (Å²) in [6, 6.07) is 0.660. The Bertz CT molecular complexity index is 633. The first-order valence-electron chi connectivity index (χ1n) is 8.15. The fourth-order valence-electron chi connectivity index (χ4n) is 4.12. The van der Waals surface area contributed by atoms with Crippen molar-refractivity contribution in [3.05, 3.63) is 18.6 Å². The van der Waals surface area contributed by atoms with Gasteiger partial charge in [-0.05, 0) is 31.6 Å². The maximum Gasteiger partial charge on any atom is 0.180 e. The average molecular weight is 285 g/mol. The summed E-state index contributed by atoms with van der Waals surface area (Å²) in [7, 11) is 1.93. The van der Waals surface area contributed by atoms with Crippen molar-refractivity contribution in [1.82, 2.24) is 14.4 Å². The van der Waals surface area contributed by atoms with E-state index in [4.69, 9.17) is 4.98 Å². The van der Waals surface area contributed by atoms with Crippen molar-refractivity contribution in [2.24, 2.45) is 5.92 Å². The van der Waals surface area contributed by atoms with Crippen LogP contribution in [0.5, 0.6) is 0 Å². The van der Waals surface area contributed by atoms with Gasteiger partial charge >= 0.3 is 0 Å². The van der Waals surface area contributed by atoms with Gasteiger partial charge in [-0.25, -0.2) is 9.97 Å². The summed E-state index contributed by atoms with van der Waals surface area (Å²) in [5, 5.41) is 3.17. The molecule has 5 nitrogen and oxygen atoms in total. The van der Waals surface area contributed by atoms with Crippen molar-refractivity contribution in [2.75, 3.05) is 23.8 Å². The van der Waals surface area contributed by atoms with Gasteiger partial charge in [0.25, 0.3) is 0 Å². The zero-order valence-corrected chi connectivity index (χ0v) is 12.6. The van der Waals surface area contributed by atoms with Gasteiger partial charge in [0.15, 0.2) is 11.5 Å². The van der Waals surface area contributed by atoms with Crippen LogP contribution in [-0.2, 0) is 0 Å². The van der Waals surface area contributed by atoms with Crippen molar-refractivity contribution >= 4 is 17.3 Å². The Morgan fingerprint density at radius 1 is 1.19 bits per heavy atom. The van der Waals surface area contributed by atoms with E-state index in [1.807, 2.05) is 25.6 Å². The number of nitrogens with one attached hydrogen (secondary N) is 1. The molecule has 0 spiro atoms. The molecule has 1 aliphatic carbocycles. The zero-order chi connectivity index (χ0) is 14.2. The molecule has 2 fully saturated rings. The molecule has 3 heterocycles. The van der Waals surface area contributed by atoms with E-state index in [1.54, 1.807) is 0 Å². The van der Waals surface area contributed by atoms with E-state index in [0.29, 0.717) is 6.04 Å². The maximum atomic E-state index is 4.84. The van der Waals surface area contributed by atoms with Crippen LogP contribution in [-0.4, -0.2) is 34.0 Å². The van der Waals surface area contributed by atoms with Crippen LogP contribution in [0.1, 0.15) is 38.5 Å². The van der Waals surface area contributed by atoms with Crippen LogP contribution >= 0.6 is 0 Å².